The van der Waals surface area contributed by atoms with E-state index < -0.39 is 5.97 Å². The Morgan fingerprint density at radius 1 is 1.40 bits per heavy atom. The second-order valence-corrected chi connectivity index (χ2v) is 4.89. The number of allylic oxidation sites excluding steroid dienone is 2. The Labute approximate surface area is 126 Å². The summed E-state index contributed by atoms with van der Waals surface area (Å²) in [4.78, 5) is 14.5. The Hall–Kier alpha value is -1.71. The molecule has 0 bridgehead atoms. The molecule has 0 aliphatic carbocycles. The Kier molecular flexibility index (Phi) is 4.88. The number of hydrogen-bond donors (Lipinski definition) is 1. The summed E-state index contributed by atoms with van der Waals surface area (Å²) in [6.07, 6.45) is 5.00. The fourth-order valence-electron chi connectivity index (χ4n) is 1.72. The number of carbonyl (C=O) groups is 1. The van der Waals surface area contributed by atoms with Gasteiger partial charge in [0.05, 0.1) is 6.61 Å². The lowest BCUT2D eigenvalue weighted by Crippen LogP contribution is -2.02. The lowest BCUT2D eigenvalue weighted by atomic mass is 10.2. The molecule has 0 fully saturated rings. The van der Waals surface area contributed by atoms with E-state index in [0.29, 0.717) is 11.6 Å². The van der Waals surface area contributed by atoms with E-state index in [0.717, 1.165) is 16.6 Å². The van der Waals surface area contributed by atoms with Gasteiger partial charge < -0.3 is 9.72 Å². The molecule has 0 aliphatic rings. The number of hydrogen-bond acceptors (Lipinski definition) is 2. The third-order valence-electron chi connectivity index (χ3n) is 2.59. The van der Waals surface area contributed by atoms with E-state index in [2.05, 4.69) is 4.98 Å². The molecule has 0 spiro atoms. The molecular weight excluding hydrogens is 297 g/mol. The Balaban J connectivity index is 2.13. The number of rotatable bonds is 4. The third kappa shape index (κ3) is 3.65. The number of aromatic nitrogens is 1. The summed E-state index contributed by atoms with van der Waals surface area (Å²) in [6.45, 7) is 2.03. The number of fused-ring (bicyclic) bond motifs is 1. The highest BCUT2D eigenvalue weighted by Crippen LogP contribution is 2.20. The quantitative estimate of drug-likeness (QED) is 0.512. The van der Waals surface area contributed by atoms with E-state index >= 15 is 0 Å². The molecule has 1 aromatic heterocycles. The molecule has 0 saturated heterocycles. The molecule has 3 nitrogen and oxygen atoms in total. The van der Waals surface area contributed by atoms with Crippen LogP contribution in [0.3, 0.4) is 0 Å². The molecule has 20 heavy (non-hydrogen) atoms. The van der Waals surface area contributed by atoms with E-state index in [-0.39, 0.29) is 5.03 Å². The topological polar surface area (TPSA) is 42.1 Å². The summed E-state index contributed by atoms with van der Waals surface area (Å²) in [5, 5.41) is 1.76. The van der Waals surface area contributed by atoms with Crippen molar-refractivity contribution in [1.29, 1.82) is 0 Å². The average molecular weight is 310 g/mol. The van der Waals surface area contributed by atoms with Gasteiger partial charge in [-0.1, -0.05) is 29.3 Å². The molecule has 0 aliphatic heterocycles. The first-order valence-electron chi connectivity index (χ1n) is 6.09. The predicted octanol–water partition coefficient (Wildman–Crippen LogP) is 4.52. The van der Waals surface area contributed by atoms with Gasteiger partial charge in [-0.15, -0.1) is 0 Å². The number of halogens is 2. The third-order valence-corrected chi connectivity index (χ3v) is 3.11. The first kappa shape index (κ1) is 14.7. The van der Waals surface area contributed by atoms with Crippen LogP contribution in [0.15, 0.2) is 41.4 Å². The zero-order valence-electron chi connectivity index (χ0n) is 10.8. The summed E-state index contributed by atoms with van der Waals surface area (Å²) >= 11 is 11.7. The largest absolute Gasteiger partial charge is 0.462 e. The molecule has 0 saturated carbocycles. The molecule has 0 amide bonds. The van der Waals surface area contributed by atoms with Gasteiger partial charge in [-0.2, -0.15) is 0 Å². The summed E-state index contributed by atoms with van der Waals surface area (Å²) in [5.41, 5.74) is 1.89. The molecule has 104 valence electrons. The minimum atomic E-state index is -0.526. The highest BCUT2D eigenvalue weighted by atomic mass is 35.5. The van der Waals surface area contributed by atoms with Crippen molar-refractivity contribution in [2.45, 2.75) is 6.92 Å². The molecule has 1 aromatic carbocycles. The van der Waals surface area contributed by atoms with E-state index in [9.17, 15) is 4.79 Å². The van der Waals surface area contributed by atoms with Gasteiger partial charge in [0.1, 0.15) is 5.03 Å². The summed E-state index contributed by atoms with van der Waals surface area (Å²) in [6, 6.07) is 7.58. The monoisotopic (exact) mass is 309 g/mol. The van der Waals surface area contributed by atoms with Crippen molar-refractivity contribution >= 4 is 46.2 Å². The highest BCUT2D eigenvalue weighted by molar-refractivity contribution is 6.41. The van der Waals surface area contributed by atoms with Crippen molar-refractivity contribution in [2.75, 3.05) is 6.61 Å². The second-order valence-electron chi connectivity index (χ2n) is 4.05. The maximum atomic E-state index is 11.3. The van der Waals surface area contributed by atoms with Gasteiger partial charge in [0.25, 0.3) is 0 Å². The molecule has 0 unspecified atom stereocenters. The Bertz CT molecular complexity index is 686. The number of benzene rings is 1. The average Bonchev–Trinajstić information content (AvgIpc) is 2.80. The van der Waals surface area contributed by atoms with Crippen LogP contribution < -0.4 is 0 Å². The van der Waals surface area contributed by atoms with Crippen LogP contribution in [0.2, 0.25) is 5.02 Å². The van der Waals surface area contributed by atoms with Crippen LogP contribution in [-0.4, -0.2) is 17.6 Å². The van der Waals surface area contributed by atoms with Crippen LogP contribution in [-0.2, 0) is 9.53 Å². The zero-order valence-corrected chi connectivity index (χ0v) is 12.3. The molecule has 2 aromatic rings. The number of carbonyl (C=O) groups excluding carboxylic acids is 1. The first-order chi connectivity index (χ1) is 9.60. The van der Waals surface area contributed by atoms with Crippen LogP contribution in [0.4, 0.5) is 0 Å². The molecule has 1 N–H and O–H groups in total. The summed E-state index contributed by atoms with van der Waals surface area (Å²) in [7, 11) is 0. The first-order valence-corrected chi connectivity index (χ1v) is 6.85. The van der Waals surface area contributed by atoms with Crippen LogP contribution in [0, 0.1) is 0 Å². The smallest absolute Gasteiger partial charge is 0.349 e. The number of nitrogens with one attached hydrogen (secondary N) is 1. The standard InChI is InChI=1S/C15H13Cl2NO2/c1-2-20-15(19)13(17)5-3-4-12-9-10-8-11(16)6-7-14(10)18-12/h3-9,18H,2H2,1H3/b4-3+,13-5-. The van der Waals surface area contributed by atoms with Crippen LogP contribution in [0.5, 0.6) is 0 Å². The van der Waals surface area contributed by atoms with Crippen molar-refractivity contribution in [3.8, 4) is 0 Å². The fourth-order valence-corrected chi connectivity index (χ4v) is 2.03. The minimum absolute atomic E-state index is 0.0438. The minimum Gasteiger partial charge on any atom is -0.462 e. The maximum Gasteiger partial charge on any atom is 0.349 e. The van der Waals surface area contributed by atoms with Crippen molar-refractivity contribution in [3.63, 3.8) is 0 Å². The van der Waals surface area contributed by atoms with Gasteiger partial charge in [0.2, 0.25) is 0 Å². The number of ether oxygens (including phenoxy) is 1. The number of aromatic amines is 1. The SMILES string of the molecule is CCOC(=O)/C(Cl)=C/C=C/c1cc2cc(Cl)ccc2[nH]1. The lowest BCUT2D eigenvalue weighted by Gasteiger charge is -1.97. The van der Waals surface area contributed by atoms with E-state index in [1.54, 1.807) is 13.0 Å². The molecule has 1 heterocycles. The summed E-state index contributed by atoms with van der Waals surface area (Å²) < 4.78 is 4.77. The van der Waals surface area contributed by atoms with Crippen molar-refractivity contribution in [2.24, 2.45) is 0 Å². The van der Waals surface area contributed by atoms with Gasteiger partial charge in [-0.3, -0.25) is 0 Å². The predicted molar refractivity (Wildman–Crippen MR) is 82.9 cm³/mol. The molecule has 2 rings (SSSR count). The Morgan fingerprint density at radius 2 is 2.20 bits per heavy atom. The lowest BCUT2D eigenvalue weighted by molar-refractivity contribution is -0.137. The normalized spacial score (nSPS) is 12.2. The molecular formula is C15H13Cl2NO2. The van der Waals surface area contributed by atoms with Crippen LogP contribution in [0.25, 0.3) is 17.0 Å². The van der Waals surface area contributed by atoms with E-state index in [1.807, 2.05) is 30.3 Å². The van der Waals surface area contributed by atoms with Crippen LogP contribution >= 0.6 is 23.2 Å². The number of esters is 1. The fraction of sp³-hybridized carbons (Fsp3) is 0.133. The molecule has 0 radical (unpaired) electrons. The van der Waals surface area contributed by atoms with E-state index in [4.69, 9.17) is 27.9 Å². The zero-order chi connectivity index (χ0) is 14.5. The van der Waals surface area contributed by atoms with E-state index in [1.165, 1.54) is 6.08 Å². The van der Waals surface area contributed by atoms with Crippen LogP contribution in [0.1, 0.15) is 12.6 Å². The number of H-pyrrole nitrogens is 1. The van der Waals surface area contributed by atoms with Gasteiger partial charge in [0, 0.05) is 21.6 Å². The Morgan fingerprint density at radius 3 is 2.95 bits per heavy atom. The second kappa shape index (κ2) is 6.64. The summed E-state index contributed by atoms with van der Waals surface area (Å²) in [5.74, 6) is -0.526. The van der Waals surface area contributed by atoms with Crippen molar-refractivity contribution < 1.29 is 9.53 Å². The van der Waals surface area contributed by atoms with Crippen molar-refractivity contribution in [3.05, 3.63) is 52.2 Å². The van der Waals surface area contributed by atoms with Crippen molar-refractivity contribution in [1.82, 2.24) is 4.98 Å². The van der Waals surface area contributed by atoms with Gasteiger partial charge in [-0.25, -0.2) is 4.79 Å². The van der Waals surface area contributed by atoms with Gasteiger partial charge in [0.15, 0.2) is 0 Å². The van der Waals surface area contributed by atoms with Gasteiger partial charge in [-0.05, 0) is 43.3 Å². The van der Waals surface area contributed by atoms with Gasteiger partial charge >= 0.3 is 5.97 Å². The molecule has 0 atom stereocenters. The maximum absolute atomic E-state index is 11.3. The molecule has 5 heteroatoms. The highest BCUT2D eigenvalue weighted by Gasteiger charge is 2.04.